The van der Waals surface area contributed by atoms with Gasteiger partial charge in [0.1, 0.15) is 5.75 Å². The number of rotatable bonds is 7. The molecule has 0 fully saturated rings. The summed E-state index contributed by atoms with van der Waals surface area (Å²) in [6.07, 6.45) is 0. The molecule has 0 saturated carbocycles. The zero-order valence-corrected chi connectivity index (χ0v) is 17.4. The fourth-order valence-electron chi connectivity index (χ4n) is 2.69. The lowest BCUT2D eigenvalue weighted by Crippen LogP contribution is -2.21. The smallest absolute Gasteiger partial charge is 0.262 e. The van der Waals surface area contributed by atoms with Gasteiger partial charge >= 0.3 is 0 Å². The second kappa shape index (κ2) is 9.00. The predicted octanol–water partition coefficient (Wildman–Crippen LogP) is 5.11. The number of anilines is 1. The highest BCUT2D eigenvalue weighted by Crippen LogP contribution is 2.34. The van der Waals surface area contributed by atoms with Crippen molar-refractivity contribution in [3.05, 3.63) is 46.0 Å². The number of benzene rings is 2. The topological polar surface area (TPSA) is 56.8 Å². The van der Waals surface area contributed by atoms with E-state index in [1.54, 1.807) is 20.3 Å². The summed E-state index contributed by atoms with van der Waals surface area (Å²) in [6, 6.07) is 7.31. The molecule has 27 heavy (non-hydrogen) atoms. The van der Waals surface area contributed by atoms with Crippen LogP contribution in [-0.4, -0.2) is 26.7 Å². The van der Waals surface area contributed by atoms with Crippen molar-refractivity contribution >= 4 is 23.2 Å². The van der Waals surface area contributed by atoms with Gasteiger partial charge in [-0.2, -0.15) is 0 Å². The third-order valence-electron chi connectivity index (χ3n) is 4.28. The fourth-order valence-corrected chi connectivity index (χ4v) is 2.86. The molecule has 6 heteroatoms. The molecule has 2 aromatic rings. The fraction of sp³-hybridized carbons (Fsp3) is 0.381. The maximum Gasteiger partial charge on any atom is 0.262 e. The number of methoxy groups -OCH3 is 2. The molecule has 146 valence electrons. The Hall–Kier alpha value is -2.40. The highest BCUT2D eigenvalue weighted by molar-refractivity contribution is 6.31. The Morgan fingerprint density at radius 3 is 2.19 bits per heavy atom. The highest BCUT2D eigenvalue weighted by Gasteiger charge is 2.14. The highest BCUT2D eigenvalue weighted by atomic mass is 35.5. The first-order chi connectivity index (χ1) is 12.8. The van der Waals surface area contributed by atoms with Crippen molar-refractivity contribution in [2.24, 2.45) is 0 Å². The van der Waals surface area contributed by atoms with E-state index in [0.717, 1.165) is 16.7 Å². The number of halogens is 1. The molecule has 0 aromatic heterocycles. The normalized spacial score (nSPS) is 10.7. The summed E-state index contributed by atoms with van der Waals surface area (Å²) in [5, 5.41) is 3.55. The average molecular weight is 392 g/mol. The molecule has 5 nitrogen and oxygen atoms in total. The van der Waals surface area contributed by atoms with Crippen molar-refractivity contribution in [2.45, 2.75) is 33.6 Å². The summed E-state index contributed by atoms with van der Waals surface area (Å²) in [6.45, 7) is 7.81. The van der Waals surface area contributed by atoms with Crippen LogP contribution in [0.1, 0.15) is 36.5 Å². The van der Waals surface area contributed by atoms with E-state index in [1.807, 2.05) is 32.0 Å². The molecule has 0 heterocycles. The van der Waals surface area contributed by atoms with Crippen LogP contribution in [-0.2, 0) is 4.79 Å². The number of carbonyl (C=O) groups excluding carboxylic acids is 1. The summed E-state index contributed by atoms with van der Waals surface area (Å²) in [7, 11) is 3.13. The summed E-state index contributed by atoms with van der Waals surface area (Å²) in [5.41, 5.74) is 3.40. The standard InChI is InChI=1S/C21H26ClNO4/c1-12(2)15-9-16(22)13(3)7-18(15)27-11-21(24)23-17-10-20(26-6)19(25-5)8-14(17)4/h7-10,12H,11H2,1-6H3,(H,23,24). The molecule has 0 bridgehead atoms. The van der Waals surface area contributed by atoms with Crippen molar-refractivity contribution in [3.63, 3.8) is 0 Å². The summed E-state index contributed by atoms with van der Waals surface area (Å²) < 4.78 is 16.3. The van der Waals surface area contributed by atoms with Gasteiger partial charge in [0.15, 0.2) is 18.1 Å². The largest absolute Gasteiger partial charge is 0.493 e. The minimum absolute atomic E-state index is 0.103. The summed E-state index contributed by atoms with van der Waals surface area (Å²) in [4.78, 5) is 12.4. The minimum Gasteiger partial charge on any atom is -0.493 e. The Morgan fingerprint density at radius 1 is 1.00 bits per heavy atom. The Kier molecular flexibility index (Phi) is 6.97. The van der Waals surface area contributed by atoms with Crippen LogP contribution in [0.15, 0.2) is 24.3 Å². The van der Waals surface area contributed by atoms with Gasteiger partial charge in [0, 0.05) is 16.8 Å². The summed E-state index contributed by atoms with van der Waals surface area (Å²) >= 11 is 6.21. The van der Waals surface area contributed by atoms with E-state index in [2.05, 4.69) is 19.2 Å². The van der Waals surface area contributed by atoms with Gasteiger partial charge in [0.05, 0.1) is 14.2 Å². The Labute approximate surface area is 165 Å². The van der Waals surface area contributed by atoms with Crippen LogP contribution in [0.5, 0.6) is 17.2 Å². The van der Waals surface area contributed by atoms with Crippen molar-refractivity contribution in [2.75, 3.05) is 26.1 Å². The molecular formula is C21H26ClNO4. The van der Waals surface area contributed by atoms with Gasteiger partial charge in [-0.05, 0) is 54.7 Å². The maximum absolute atomic E-state index is 12.4. The Balaban J connectivity index is 2.13. The van der Waals surface area contributed by atoms with Gasteiger partial charge in [-0.3, -0.25) is 4.79 Å². The zero-order valence-electron chi connectivity index (χ0n) is 16.6. The van der Waals surface area contributed by atoms with E-state index in [1.165, 1.54) is 0 Å². The molecule has 0 atom stereocenters. The maximum atomic E-state index is 12.4. The Morgan fingerprint density at radius 2 is 1.59 bits per heavy atom. The molecule has 1 N–H and O–H groups in total. The number of aryl methyl sites for hydroxylation is 2. The summed E-state index contributed by atoms with van der Waals surface area (Å²) in [5.74, 6) is 1.81. The van der Waals surface area contributed by atoms with E-state index >= 15 is 0 Å². The van der Waals surface area contributed by atoms with Crippen LogP contribution < -0.4 is 19.5 Å². The van der Waals surface area contributed by atoms with E-state index in [4.69, 9.17) is 25.8 Å². The molecule has 0 aliphatic rings. The number of nitrogens with one attached hydrogen (secondary N) is 1. The quantitative estimate of drug-likeness (QED) is 0.712. The van der Waals surface area contributed by atoms with Crippen molar-refractivity contribution in [1.82, 2.24) is 0 Å². The van der Waals surface area contributed by atoms with Crippen LogP contribution >= 0.6 is 11.6 Å². The lowest BCUT2D eigenvalue weighted by Gasteiger charge is -2.17. The lowest BCUT2D eigenvalue weighted by molar-refractivity contribution is -0.118. The lowest BCUT2D eigenvalue weighted by atomic mass is 10.0. The first kappa shape index (κ1) is 20.9. The predicted molar refractivity (Wildman–Crippen MR) is 109 cm³/mol. The van der Waals surface area contributed by atoms with Crippen LogP contribution in [0.25, 0.3) is 0 Å². The monoisotopic (exact) mass is 391 g/mol. The van der Waals surface area contributed by atoms with Gasteiger partial charge in [0.25, 0.3) is 5.91 Å². The number of hydrogen-bond acceptors (Lipinski definition) is 4. The first-order valence-corrected chi connectivity index (χ1v) is 9.09. The van der Waals surface area contributed by atoms with Crippen LogP contribution in [0.3, 0.4) is 0 Å². The molecular weight excluding hydrogens is 366 g/mol. The molecule has 0 saturated heterocycles. The van der Waals surface area contributed by atoms with Gasteiger partial charge in [-0.25, -0.2) is 0 Å². The molecule has 0 spiro atoms. The van der Waals surface area contributed by atoms with Crippen LogP contribution in [0.4, 0.5) is 5.69 Å². The van der Waals surface area contributed by atoms with Crippen LogP contribution in [0, 0.1) is 13.8 Å². The molecule has 1 amide bonds. The molecule has 2 rings (SSSR count). The minimum atomic E-state index is -0.257. The van der Waals surface area contributed by atoms with E-state index in [0.29, 0.717) is 28.0 Å². The molecule has 0 unspecified atom stereocenters. The van der Waals surface area contributed by atoms with Gasteiger partial charge < -0.3 is 19.5 Å². The Bertz CT molecular complexity index is 833. The number of carbonyl (C=O) groups is 1. The number of amides is 1. The third-order valence-corrected chi connectivity index (χ3v) is 4.68. The van der Waals surface area contributed by atoms with Crippen molar-refractivity contribution < 1.29 is 19.0 Å². The average Bonchev–Trinajstić information content (AvgIpc) is 2.63. The van der Waals surface area contributed by atoms with Gasteiger partial charge in [-0.1, -0.05) is 25.4 Å². The zero-order chi connectivity index (χ0) is 20.1. The van der Waals surface area contributed by atoms with Crippen molar-refractivity contribution in [1.29, 1.82) is 0 Å². The van der Waals surface area contributed by atoms with Gasteiger partial charge in [0.2, 0.25) is 0 Å². The molecule has 2 aromatic carbocycles. The SMILES string of the molecule is COc1cc(C)c(NC(=O)COc2cc(C)c(Cl)cc2C(C)C)cc1OC. The van der Waals surface area contributed by atoms with E-state index in [-0.39, 0.29) is 18.4 Å². The molecule has 0 aliphatic heterocycles. The van der Waals surface area contributed by atoms with Crippen molar-refractivity contribution in [3.8, 4) is 17.2 Å². The first-order valence-electron chi connectivity index (χ1n) is 8.72. The van der Waals surface area contributed by atoms with Crippen LogP contribution in [0.2, 0.25) is 5.02 Å². The number of hydrogen-bond donors (Lipinski definition) is 1. The van der Waals surface area contributed by atoms with E-state index < -0.39 is 0 Å². The number of ether oxygens (including phenoxy) is 3. The molecule has 0 aliphatic carbocycles. The second-order valence-electron chi connectivity index (χ2n) is 6.65. The van der Waals surface area contributed by atoms with Gasteiger partial charge in [-0.15, -0.1) is 0 Å². The van der Waals surface area contributed by atoms with E-state index in [9.17, 15) is 4.79 Å². The third kappa shape index (κ3) is 5.07. The second-order valence-corrected chi connectivity index (χ2v) is 7.06. The molecule has 0 radical (unpaired) electrons.